The van der Waals surface area contributed by atoms with E-state index >= 15 is 0 Å². The van der Waals surface area contributed by atoms with Gasteiger partial charge in [0.25, 0.3) is 5.91 Å². The molecular weight excluding hydrogens is 310 g/mol. The van der Waals surface area contributed by atoms with Crippen molar-refractivity contribution in [2.75, 3.05) is 19.6 Å². The molecule has 1 aromatic carbocycles. The number of nitrogens with zero attached hydrogens (tertiary/aromatic N) is 2. The van der Waals surface area contributed by atoms with E-state index in [0.717, 1.165) is 18.7 Å². The molecule has 4 nitrogen and oxygen atoms in total. The molecule has 1 atom stereocenters. The fourth-order valence-electron chi connectivity index (χ4n) is 2.60. The maximum absolute atomic E-state index is 12.2. The van der Waals surface area contributed by atoms with Gasteiger partial charge in [0, 0.05) is 24.0 Å². The number of pyridine rings is 1. The molecule has 0 aliphatic rings. The highest BCUT2D eigenvalue weighted by Crippen LogP contribution is 2.22. The molecule has 23 heavy (non-hydrogen) atoms. The molecule has 2 aromatic rings. The topological polar surface area (TPSA) is 45.2 Å². The third kappa shape index (κ3) is 4.78. The number of amides is 1. The van der Waals surface area contributed by atoms with E-state index < -0.39 is 0 Å². The predicted octanol–water partition coefficient (Wildman–Crippen LogP) is 3.55. The average molecular weight is 332 g/mol. The standard InChI is InChI=1S/C18H22ClN3O/c1-3-22(4-2)17(14-7-9-16(19)10-8-14)13-21-18(23)15-6-5-11-20-12-15/h5-12,17H,3-4,13H2,1-2H3,(H,21,23). The number of aromatic nitrogens is 1. The minimum atomic E-state index is -0.107. The lowest BCUT2D eigenvalue weighted by Crippen LogP contribution is -2.38. The largest absolute Gasteiger partial charge is 0.350 e. The fraction of sp³-hybridized carbons (Fsp3) is 0.333. The number of rotatable bonds is 7. The van der Waals surface area contributed by atoms with Crippen molar-refractivity contribution in [3.05, 3.63) is 64.9 Å². The predicted molar refractivity (Wildman–Crippen MR) is 93.7 cm³/mol. The van der Waals surface area contributed by atoms with E-state index in [9.17, 15) is 4.79 Å². The van der Waals surface area contributed by atoms with Crippen molar-refractivity contribution in [3.8, 4) is 0 Å². The van der Waals surface area contributed by atoms with Gasteiger partial charge in [-0.2, -0.15) is 0 Å². The first-order valence-electron chi connectivity index (χ1n) is 7.83. The summed E-state index contributed by atoms with van der Waals surface area (Å²) < 4.78 is 0. The van der Waals surface area contributed by atoms with Gasteiger partial charge in [0.05, 0.1) is 11.6 Å². The molecule has 0 radical (unpaired) electrons. The molecule has 1 heterocycles. The maximum Gasteiger partial charge on any atom is 0.252 e. The third-order valence-corrected chi connectivity index (χ3v) is 4.14. The van der Waals surface area contributed by atoms with Crippen LogP contribution in [0.25, 0.3) is 0 Å². The SMILES string of the molecule is CCN(CC)C(CNC(=O)c1cccnc1)c1ccc(Cl)cc1. The summed E-state index contributed by atoms with van der Waals surface area (Å²) in [4.78, 5) is 18.5. The summed E-state index contributed by atoms with van der Waals surface area (Å²) >= 11 is 5.98. The number of likely N-dealkylation sites (N-methyl/N-ethyl adjacent to an activating group) is 1. The van der Waals surface area contributed by atoms with Gasteiger partial charge in [-0.15, -0.1) is 0 Å². The smallest absolute Gasteiger partial charge is 0.252 e. The van der Waals surface area contributed by atoms with E-state index in [1.807, 2.05) is 24.3 Å². The molecule has 0 saturated heterocycles. The van der Waals surface area contributed by atoms with Crippen LogP contribution in [0.5, 0.6) is 0 Å². The number of benzene rings is 1. The van der Waals surface area contributed by atoms with Crippen LogP contribution in [-0.2, 0) is 0 Å². The van der Waals surface area contributed by atoms with Crippen molar-refractivity contribution in [2.24, 2.45) is 0 Å². The number of hydrogen-bond donors (Lipinski definition) is 1. The molecular formula is C18H22ClN3O. The number of carbonyl (C=O) groups excluding carboxylic acids is 1. The summed E-state index contributed by atoms with van der Waals surface area (Å²) in [6.45, 7) is 6.60. The Bertz CT molecular complexity index is 612. The molecule has 0 saturated carbocycles. The first-order chi connectivity index (χ1) is 11.2. The number of halogens is 1. The van der Waals surface area contributed by atoms with Crippen molar-refractivity contribution >= 4 is 17.5 Å². The highest BCUT2D eigenvalue weighted by Gasteiger charge is 2.19. The molecule has 1 amide bonds. The van der Waals surface area contributed by atoms with Gasteiger partial charge in [0.1, 0.15) is 0 Å². The summed E-state index contributed by atoms with van der Waals surface area (Å²) in [6, 6.07) is 11.4. The zero-order valence-corrected chi connectivity index (χ0v) is 14.3. The van der Waals surface area contributed by atoms with Gasteiger partial charge >= 0.3 is 0 Å². The Hall–Kier alpha value is -1.91. The third-order valence-electron chi connectivity index (χ3n) is 3.89. The summed E-state index contributed by atoms with van der Waals surface area (Å²) in [5.74, 6) is -0.107. The Balaban J connectivity index is 2.11. The molecule has 1 unspecified atom stereocenters. The van der Waals surface area contributed by atoms with Crippen LogP contribution in [0.2, 0.25) is 5.02 Å². The Kier molecular flexibility index (Phi) is 6.56. The number of hydrogen-bond acceptors (Lipinski definition) is 3. The highest BCUT2D eigenvalue weighted by atomic mass is 35.5. The molecule has 0 bridgehead atoms. The normalized spacial score (nSPS) is 12.2. The van der Waals surface area contributed by atoms with Crippen LogP contribution < -0.4 is 5.32 Å². The second-order valence-corrected chi connectivity index (χ2v) is 5.68. The first-order valence-corrected chi connectivity index (χ1v) is 8.21. The van der Waals surface area contributed by atoms with Gasteiger partial charge in [0.2, 0.25) is 0 Å². The minimum absolute atomic E-state index is 0.107. The van der Waals surface area contributed by atoms with Gasteiger partial charge in [-0.1, -0.05) is 37.6 Å². The molecule has 0 fully saturated rings. The van der Waals surface area contributed by atoms with Crippen LogP contribution in [0.3, 0.4) is 0 Å². The molecule has 5 heteroatoms. The van der Waals surface area contributed by atoms with E-state index in [2.05, 4.69) is 29.0 Å². The van der Waals surface area contributed by atoms with Crippen LogP contribution in [-0.4, -0.2) is 35.4 Å². The Labute approximate surface area is 142 Å². The molecule has 2 rings (SSSR count). The van der Waals surface area contributed by atoms with E-state index in [1.165, 1.54) is 0 Å². The second-order valence-electron chi connectivity index (χ2n) is 5.24. The molecule has 1 aromatic heterocycles. The summed E-state index contributed by atoms with van der Waals surface area (Å²) in [5, 5.41) is 3.72. The van der Waals surface area contributed by atoms with Crippen molar-refractivity contribution < 1.29 is 4.79 Å². The Morgan fingerprint density at radius 1 is 1.22 bits per heavy atom. The average Bonchev–Trinajstić information content (AvgIpc) is 2.60. The zero-order chi connectivity index (χ0) is 16.7. The van der Waals surface area contributed by atoms with Crippen LogP contribution in [0.15, 0.2) is 48.8 Å². The number of nitrogens with one attached hydrogen (secondary N) is 1. The maximum atomic E-state index is 12.2. The van der Waals surface area contributed by atoms with Gasteiger partial charge < -0.3 is 5.32 Å². The van der Waals surface area contributed by atoms with Crippen LogP contribution in [0.4, 0.5) is 0 Å². The molecule has 0 aliphatic heterocycles. The number of carbonyl (C=O) groups is 1. The highest BCUT2D eigenvalue weighted by molar-refractivity contribution is 6.30. The van der Waals surface area contributed by atoms with Crippen molar-refractivity contribution in [2.45, 2.75) is 19.9 Å². The van der Waals surface area contributed by atoms with E-state index in [4.69, 9.17) is 11.6 Å². The summed E-state index contributed by atoms with van der Waals surface area (Å²) in [5.41, 5.74) is 1.71. The van der Waals surface area contributed by atoms with Gasteiger partial charge in [-0.3, -0.25) is 14.7 Å². The second kappa shape index (κ2) is 8.65. The lowest BCUT2D eigenvalue weighted by atomic mass is 10.0. The first kappa shape index (κ1) is 17.4. The van der Waals surface area contributed by atoms with E-state index in [1.54, 1.807) is 24.5 Å². The quantitative estimate of drug-likeness (QED) is 0.844. The molecule has 0 spiro atoms. The summed E-state index contributed by atoms with van der Waals surface area (Å²) in [7, 11) is 0. The van der Waals surface area contributed by atoms with Crippen molar-refractivity contribution in [1.29, 1.82) is 0 Å². The molecule has 1 N–H and O–H groups in total. The molecule has 122 valence electrons. The van der Waals surface area contributed by atoms with Gasteiger partial charge in [-0.25, -0.2) is 0 Å². The fourth-order valence-corrected chi connectivity index (χ4v) is 2.72. The van der Waals surface area contributed by atoms with Crippen LogP contribution in [0, 0.1) is 0 Å². The van der Waals surface area contributed by atoms with E-state index in [0.29, 0.717) is 17.1 Å². The molecule has 0 aliphatic carbocycles. The monoisotopic (exact) mass is 331 g/mol. The lowest BCUT2D eigenvalue weighted by Gasteiger charge is -2.30. The zero-order valence-electron chi connectivity index (χ0n) is 13.5. The van der Waals surface area contributed by atoms with Gasteiger partial charge in [0.15, 0.2) is 0 Å². The van der Waals surface area contributed by atoms with E-state index in [-0.39, 0.29) is 11.9 Å². The Morgan fingerprint density at radius 3 is 2.48 bits per heavy atom. The lowest BCUT2D eigenvalue weighted by molar-refractivity contribution is 0.0934. The van der Waals surface area contributed by atoms with Crippen LogP contribution >= 0.6 is 11.6 Å². The van der Waals surface area contributed by atoms with Crippen molar-refractivity contribution in [3.63, 3.8) is 0 Å². The van der Waals surface area contributed by atoms with Gasteiger partial charge in [-0.05, 0) is 42.9 Å². The summed E-state index contributed by atoms with van der Waals surface area (Å²) in [6.07, 6.45) is 3.23. The Morgan fingerprint density at radius 2 is 1.91 bits per heavy atom. The van der Waals surface area contributed by atoms with Crippen LogP contribution in [0.1, 0.15) is 35.8 Å². The van der Waals surface area contributed by atoms with Crippen molar-refractivity contribution in [1.82, 2.24) is 15.2 Å². The minimum Gasteiger partial charge on any atom is -0.350 e.